The maximum absolute atomic E-state index is 15.0. The third-order valence-corrected chi connectivity index (χ3v) is 5.03. The zero-order chi connectivity index (χ0) is 19.3. The van der Waals surface area contributed by atoms with Crippen molar-refractivity contribution >= 4 is 21.9 Å². The second-order valence-electron chi connectivity index (χ2n) is 6.69. The third-order valence-electron chi connectivity index (χ3n) is 5.03. The largest absolute Gasteiger partial charge is 0.493 e. The van der Waals surface area contributed by atoms with Crippen molar-refractivity contribution in [1.82, 2.24) is 14.5 Å². The van der Waals surface area contributed by atoms with E-state index in [4.69, 9.17) is 15.7 Å². The number of nitrogens with one attached hydrogen (secondary N) is 1. The normalized spacial score (nSPS) is 13.6. The lowest BCUT2D eigenvalue weighted by atomic mass is 9.94. The van der Waals surface area contributed by atoms with Crippen LogP contribution in [0.15, 0.2) is 36.8 Å². The van der Waals surface area contributed by atoms with E-state index < -0.39 is 11.5 Å². The zero-order valence-corrected chi connectivity index (χ0v) is 15.2. The number of hydrogen-bond donors (Lipinski definition) is 2. The van der Waals surface area contributed by atoms with Gasteiger partial charge in [0.1, 0.15) is 5.66 Å². The zero-order valence-electron chi connectivity index (χ0n) is 15.2. The number of fused-ring (bicyclic) bond motifs is 2. The highest BCUT2D eigenvalue weighted by Crippen LogP contribution is 2.41. The van der Waals surface area contributed by atoms with Crippen molar-refractivity contribution in [2.45, 2.75) is 19.5 Å². The lowest BCUT2D eigenvalue weighted by molar-refractivity contribution is 0.349. The van der Waals surface area contributed by atoms with Crippen LogP contribution in [-0.2, 0) is 5.66 Å². The molecule has 0 radical (unpaired) electrons. The molecule has 6 nitrogen and oxygen atoms in total. The van der Waals surface area contributed by atoms with Crippen LogP contribution in [0.25, 0.3) is 21.9 Å². The number of methoxy groups -OCH3 is 1. The summed E-state index contributed by atoms with van der Waals surface area (Å²) in [5.74, 6) is -0.338. The molecule has 136 valence electrons. The van der Waals surface area contributed by atoms with Crippen molar-refractivity contribution < 1.29 is 9.13 Å². The van der Waals surface area contributed by atoms with E-state index in [2.05, 4.69) is 16.0 Å². The van der Waals surface area contributed by atoms with Gasteiger partial charge >= 0.3 is 0 Å². The number of halogens is 1. The number of hydrogen-bond acceptors (Lipinski definition) is 4. The number of nitrogens with zero attached hydrogens (tertiary/aromatic N) is 3. The van der Waals surface area contributed by atoms with Crippen LogP contribution in [0.4, 0.5) is 4.39 Å². The first-order valence-electron chi connectivity index (χ1n) is 8.40. The number of ether oxygens (including phenoxy) is 1. The molecule has 0 saturated carbocycles. The molecule has 1 unspecified atom stereocenters. The SMILES string of the molecule is COc1c(F)c(C)c2[nH]ccc2c1C(C)(N)n1cnc2cc(C#N)ccc21. The molecule has 0 spiro atoms. The number of imidazole rings is 1. The molecule has 0 aliphatic heterocycles. The molecular formula is C20H18FN5O. The Hall–Kier alpha value is -3.37. The van der Waals surface area contributed by atoms with Crippen LogP contribution in [0, 0.1) is 24.1 Å². The number of aromatic amines is 1. The summed E-state index contributed by atoms with van der Waals surface area (Å²) < 4.78 is 22.2. The number of nitriles is 1. The van der Waals surface area contributed by atoms with Gasteiger partial charge in [0.05, 0.1) is 41.6 Å². The van der Waals surface area contributed by atoms with E-state index in [1.54, 1.807) is 49.1 Å². The number of H-pyrrole nitrogens is 1. The molecule has 4 rings (SSSR count). The highest BCUT2D eigenvalue weighted by atomic mass is 19.1. The molecule has 2 heterocycles. The fraction of sp³-hybridized carbons (Fsp3) is 0.200. The van der Waals surface area contributed by atoms with E-state index in [-0.39, 0.29) is 5.75 Å². The highest BCUT2D eigenvalue weighted by molar-refractivity contribution is 5.90. The Morgan fingerprint density at radius 3 is 2.85 bits per heavy atom. The van der Waals surface area contributed by atoms with Gasteiger partial charge in [0.25, 0.3) is 0 Å². The summed E-state index contributed by atoms with van der Waals surface area (Å²) in [7, 11) is 1.43. The average Bonchev–Trinajstić information content (AvgIpc) is 3.30. The molecular weight excluding hydrogens is 345 g/mol. The standard InChI is InChI=1S/C20H18FN5O/c1-11-17(21)19(27-3)16(13-6-7-24-18(11)13)20(2,23)26-10-25-14-8-12(9-22)4-5-15(14)26/h4-8,10,24H,23H2,1-3H3. The van der Waals surface area contributed by atoms with Crippen LogP contribution >= 0.6 is 0 Å². The fourth-order valence-corrected chi connectivity index (χ4v) is 3.67. The van der Waals surface area contributed by atoms with Gasteiger partial charge in [-0.3, -0.25) is 0 Å². The van der Waals surface area contributed by atoms with Gasteiger partial charge in [-0.15, -0.1) is 0 Å². The van der Waals surface area contributed by atoms with Crippen LogP contribution in [0.1, 0.15) is 23.6 Å². The second-order valence-corrected chi connectivity index (χ2v) is 6.69. The predicted octanol–water partition coefficient (Wildman–Crippen LogP) is 3.53. The first-order chi connectivity index (χ1) is 12.9. The number of aromatic nitrogens is 3. The molecule has 0 aliphatic carbocycles. The van der Waals surface area contributed by atoms with Crippen LogP contribution in [0.5, 0.6) is 5.75 Å². The van der Waals surface area contributed by atoms with E-state index >= 15 is 0 Å². The molecule has 0 fully saturated rings. The predicted molar refractivity (Wildman–Crippen MR) is 101 cm³/mol. The second kappa shape index (κ2) is 5.83. The van der Waals surface area contributed by atoms with E-state index in [1.807, 2.05) is 6.07 Å². The summed E-state index contributed by atoms with van der Waals surface area (Å²) in [6.07, 6.45) is 3.35. The maximum atomic E-state index is 15.0. The van der Waals surface area contributed by atoms with Gasteiger partial charge in [-0.25, -0.2) is 9.37 Å². The average molecular weight is 363 g/mol. The van der Waals surface area contributed by atoms with Crippen LogP contribution in [0.2, 0.25) is 0 Å². The third kappa shape index (κ3) is 2.31. The Kier molecular flexibility index (Phi) is 3.68. The van der Waals surface area contributed by atoms with Gasteiger partial charge in [-0.1, -0.05) is 0 Å². The topological polar surface area (TPSA) is 92.7 Å². The summed E-state index contributed by atoms with van der Waals surface area (Å²) in [5, 5.41) is 9.87. The Labute approximate surface area is 155 Å². The van der Waals surface area contributed by atoms with Crippen LogP contribution in [0.3, 0.4) is 0 Å². The lowest BCUT2D eigenvalue weighted by Gasteiger charge is -2.30. The molecule has 4 aromatic rings. The quantitative estimate of drug-likeness (QED) is 0.582. The Balaban J connectivity index is 2.05. The molecule has 0 saturated heterocycles. The van der Waals surface area contributed by atoms with Crippen molar-refractivity contribution in [2.24, 2.45) is 5.73 Å². The summed E-state index contributed by atoms with van der Waals surface area (Å²) >= 11 is 0. The minimum absolute atomic E-state index is 0.111. The van der Waals surface area contributed by atoms with E-state index in [0.717, 1.165) is 10.9 Å². The van der Waals surface area contributed by atoms with E-state index in [1.165, 1.54) is 7.11 Å². The fourth-order valence-electron chi connectivity index (χ4n) is 3.67. The summed E-state index contributed by atoms with van der Waals surface area (Å²) in [5.41, 5.74) is 9.18. The Morgan fingerprint density at radius 2 is 2.15 bits per heavy atom. The van der Waals surface area contributed by atoms with Gasteiger partial charge in [0.15, 0.2) is 11.6 Å². The molecule has 0 amide bonds. The first kappa shape index (κ1) is 17.1. The number of nitrogens with two attached hydrogens (primary N) is 1. The van der Waals surface area contributed by atoms with Crippen molar-refractivity contribution in [3.05, 3.63) is 59.3 Å². The summed E-state index contributed by atoms with van der Waals surface area (Å²) in [4.78, 5) is 7.45. The van der Waals surface area contributed by atoms with Crippen molar-refractivity contribution in [1.29, 1.82) is 5.26 Å². The van der Waals surface area contributed by atoms with Gasteiger partial charge in [0, 0.05) is 22.7 Å². The monoisotopic (exact) mass is 363 g/mol. The molecule has 0 bridgehead atoms. The molecule has 3 N–H and O–H groups in total. The minimum atomic E-state index is -1.15. The smallest absolute Gasteiger partial charge is 0.170 e. The number of aryl methyl sites for hydroxylation is 1. The van der Waals surface area contributed by atoms with Crippen LogP contribution < -0.4 is 10.5 Å². The summed E-state index contributed by atoms with van der Waals surface area (Å²) in [6.45, 7) is 3.48. The van der Waals surface area contributed by atoms with Gasteiger partial charge < -0.3 is 20.0 Å². The van der Waals surface area contributed by atoms with Gasteiger partial charge in [-0.05, 0) is 38.1 Å². The van der Waals surface area contributed by atoms with Gasteiger partial charge in [0.2, 0.25) is 0 Å². The van der Waals surface area contributed by atoms with Crippen LogP contribution in [-0.4, -0.2) is 21.6 Å². The Bertz CT molecular complexity index is 1230. The van der Waals surface area contributed by atoms with E-state index in [0.29, 0.717) is 27.7 Å². The van der Waals surface area contributed by atoms with E-state index in [9.17, 15) is 4.39 Å². The summed E-state index contributed by atoms with van der Waals surface area (Å²) in [6, 6.07) is 9.14. The van der Waals surface area contributed by atoms with Gasteiger partial charge in [-0.2, -0.15) is 5.26 Å². The molecule has 1 atom stereocenters. The molecule has 2 aromatic carbocycles. The minimum Gasteiger partial charge on any atom is -0.493 e. The first-order valence-corrected chi connectivity index (χ1v) is 8.40. The van der Waals surface area contributed by atoms with Crippen molar-refractivity contribution in [2.75, 3.05) is 7.11 Å². The molecule has 27 heavy (non-hydrogen) atoms. The maximum Gasteiger partial charge on any atom is 0.170 e. The molecule has 7 heteroatoms. The molecule has 0 aliphatic rings. The lowest BCUT2D eigenvalue weighted by Crippen LogP contribution is -2.41. The highest BCUT2D eigenvalue weighted by Gasteiger charge is 2.34. The molecule has 2 aromatic heterocycles. The van der Waals surface area contributed by atoms with Crippen molar-refractivity contribution in [3.8, 4) is 11.8 Å². The van der Waals surface area contributed by atoms with Crippen molar-refractivity contribution in [3.63, 3.8) is 0 Å². The Morgan fingerprint density at radius 1 is 1.37 bits per heavy atom. The number of benzene rings is 2. The number of rotatable bonds is 3.